The predicted octanol–water partition coefficient (Wildman–Crippen LogP) is 11.9. The van der Waals surface area contributed by atoms with Crippen LogP contribution in [0.1, 0.15) is 22.3 Å². The quantitative estimate of drug-likeness (QED) is 0.185. The molecule has 10 aromatic rings. The molecule has 1 spiro atoms. The Morgan fingerprint density at radius 3 is 1.71 bits per heavy atom. The van der Waals surface area contributed by atoms with E-state index in [1.165, 1.54) is 66.1 Å². The summed E-state index contributed by atoms with van der Waals surface area (Å²) in [5, 5.41) is 5.85. The summed E-state index contributed by atoms with van der Waals surface area (Å²) in [5.74, 6) is 0.673. The molecule has 8 aromatic carbocycles. The Hall–Kier alpha value is -6.84. The van der Waals surface area contributed by atoms with Gasteiger partial charge in [0.25, 0.3) is 0 Å². The highest BCUT2D eigenvalue weighted by molar-refractivity contribution is 6.21. The van der Waals surface area contributed by atoms with E-state index in [0.717, 1.165) is 33.2 Å². The van der Waals surface area contributed by atoms with Gasteiger partial charge in [-0.15, -0.1) is 0 Å². The van der Waals surface area contributed by atoms with Gasteiger partial charge < -0.3 is 0 Å². The number of rotatable bonds is 2. The first kappa shape index (κ1) is 27.9. The lowest BCUT2D eigenvalue weighted by molar-refractivity contribution is 0.794. The molecule has 0 atom stereocenters. The second-order valence-electron chi connectivity index (χ2n) is 14.0. The fourth-order valence-electron chi connectivity index (χ4n) is 9.64. The monoisotopic (exact) mass is 659 g/mol. The Bertz CT molecular complexity index is 3090. The van der Waals surface area contributed by atoms with Crippen molar-refractivity contribution in [1.82, 2.24) is 14.5 Å². The van der Waals surface area contributed by atoms with E-state index in [4.69, 9.17) is 9.97 Å². The number of para-hydroxylation sites is 2. The predicted molar refractivity (Wildman–Crippen MR) is 213 cm³/mol. The molecule has 0 amide bonds. The minimum absolute atomic E-state index is 0.388. The van der Waals surface area contributed by atoms with Gasteiger partial charge in [0, 0.05) is 27.1 Å². The van der Waals surface area contributed by atoms with E-state index < -0.39 is 0 Å². The van der Waals surface area contributed by atoms with Crippen LogP contribution in [0.4, 0.5) is 0 Å². The van der Waals surface area contributed by atoms with Crippen LogP contribution in [0.5, 0.6) is 0 Å². The lowest BCUT2D eigenvalue weighted by atomic mass is 9.70. The fraction of sp³-hybridized carbons (Fsp3) is 0.0204. The summed E-state index contributed by atoms with van der Waals surface area (Å²) in [6.45, 7) is 0. The molecule has 2 aromatic heterocycles. The van der Waals surface area contributed by atoms with E-state index in [1.807, 2.05) is 0 Å². The zero-order chi connectivity index (χ0) is 34.0. The third-order valence-electron chi connectivity index (χ3n) is 11.6. The summed E-state index contributed by atoms with van der Waals surface area (Å²) in [7, 11) is 0. The molecule has 0 bridgehead atoms. The van der Waals surface area contributed by atoms with Crippen molar-refractivity contribution in [1.29, 1.82) is 0 Å². The van der Waals surface area contributed by atoms with E-state index >= 15 is 0 Å². The maximum Gasteiger partial charge on any atom is 0.235 e. The van der Waals surface area contributed by atoms with Crippen molar-refractivity contribution in [2.75, 3.05) is 0 Å². The van der Waals surface area contributed by atoms with E-state index in [2.05, 4.69) is 180 Å². The van der Waals surface area contributed by atoms with Crippen molar-refractivity contribution >= 4 is 43.5 Å². The summed E-state index contributed by atoms with van der Waals surface area (Å²) in [6, 6.07) is 64.0. The molecule has 0 saturated heterocycles. The van der Waals surface area contributed by atoms with E-state index in [-0.39, 0.29) is 5.41 Å². The van der Waals surface area contributed by atoms with Crippen LogP contribution in [0.3, 0.4) is 0 Å². The molecule has 0 radical (unpaired) electrons. The molecule has 2 aliphatic carbocycles. The Balaban J connectivity index is 1.22. The number of aromatic nitrogens is 3. The van der Waals surface area contributed by atoms with Gasteiger partial charge in [-0.3, -0.25) is 4.57 Å². The van der Waals surface area contributed by atoms with Crippen molar-refractivity contribution in [3.63, 3.8) is 0 Å². The zero-order valence-corrected chi connectivity index (χ0v) is 28.1. The van der Waals surface area contributed by atoms with Crippen LogP contribution >= 0.6 is 0 Å². The van der Waals surface area contributed by atoms with Crippen molar-refractivity contribution in [2.45, 2.75) is 5.41 Å². The molecule has 0 aliphatic heterocycles. The molecule has 2 heterocycles. The maximum absolute atomic E-state index is 5.39. The highest BCUT2D eigenvalue weighted by atomic mass is 15.2. The van der Waals surface area contributed by atoms with E-state index in [0.29, 0.717) is 5.95 Å². The molecule has 240 valence electrons. The second-order valence-corrected chi connectivity index (χ2v) is 14.0. The zero-order valence-electron chi connectivity index (χ0n) is 28.1. The molecule has 0 unspecified atom stereocenters. The maximum atomic E-state index is 5.39. The third-order valence-corrected chi connectivity index (χ3v) is 11.6. The number of hydrogen-bond donors (Lipinski definition) is 0. The minimum Gasteiger partial charge on any atom is -0.277 e. The Morgan fingerprint density at radius 1 is 0.385 bits per heavy atom. The fourth-order valence-corrected chi connectivity index (χ4v) is 9.64. The van der Waals surface area contributed by atoms with Crippen molar-refractivity contribution in [3.05, 3.63) is 198 Å². The number of hydrogen-bond acceptors (Lipinski definition) is 2. The van der Waals surface area contributed by atoms with Crippen molar-refractivity contribution in [2.24, 2.45) is 0 Å². The van der Waals surface area contributed by atoms with Crippen LogP contribution in [-0.4, -0.2) is 14.5 Å². The van der Waals surface area contributed by atoms with Crippen LogP contribution in [0.25, 0.3) is 82.9 Å². The third kappa shape index (κ3) is 3.40. The SMILES string of the molecule is c1ccc(-c2nc(-n3c4ccccc4c4ccc5c6c(ccc5c43)C3(c4ccccc4-c4ccccc43)c3ccccc3-6)nc3ccccc23)cc1. The molecular formula is C49H29N3. The van der Waals surface area contributed by atoms with Gasteiger partial charge in [0.2, 0.25) is 5.95 Å². The lowest BCUT2D eigenvalue weighted by Crippen LogP contribution is -2.25. The van der Waals surface area contributed by atoms with Crippen molar-refractivity contribution < 1.29 is 0 Å². The van der Waals surface area contributed by atoms with Gasteiger partial charge in [-0.2, -0.15) is 0 Å². The first-order valence-corrected chi connectivity index (χ1v) is 17.9. The number of benzene rings is 8. The van der Waals surface area contributed by atoms with Crippen LogP contribution in [0, 0.1) is 0 Å². The topological polar surface area (TPSA) is 30.7 Å². The van der Waals surface area contributed by atoms with Gasteiger partial charge in [-0.1, -0.05) is 164 Å². The van der Waals surface area contributed by atoms with Crippen LogP contribution < -0.4 is 0 Å². The van der Waals surface area contributed by atoms with E-state index in [9.17, 15) is 0 Å². The van der Waals surface area contributed by atoms with Gasteiger partial charge in [-0.05, 0) is 62.0 Å². The van der Waals surface area contributed by atoms with E-state index in [1.54, 1.807) is 0 Å². The Morgan fingerprint density at radius 2 is 0.942 bits per heavy atom. The average molecular weight is 660 g/mol. The summed E-state index contributed by atoms with van der Waals surface area (Å²) in [4.78, 5) is 10.7. The standard InChI is InChI=1S/C49H29N3/c1-2-14-30(15-3-1)46-38-20-7-12-24-43(38)50-48(51-46)52-44-25-13-8-18-33(44)35-27-26-34-36(47(35)52)28-29-42-45(34)37-19-6-11-23-41(37)49(42)39-21-9-4-16-31(39)32-17-5-10-22-40(32)49/h1-29H. The molecule has 0 saturated carbocycles. The first-order chi connectivity index (χ1) is 25.8. The summed E-state index contributed by atoms with van der Waals surface area (Å²) < 4.78 is 2.30. The van der Waals surface area contributed by atoms with Gasteiger partial charge in [0.1, 0.15) is 0 Å². The Kier molecular flexibility index (Phi) is 5.43. The highest BCUT2D eigenvalue weighted by Crippen LogP contribution is 2.63. The normalized spacial score (nSPS) is 13.5. The molecular weight excluding hydrogens is 631 g/mol. The van der Waals surface area contributed by atoms with Crippen LogP contribution in [0.2, 0.25) is 0 Å². The number of fused-ring (bicyclic) bond motifs is 17. The Labute approximate surface area is 300 Å². The summed E-state index contributed by atoms with van der Waals surface area (Å²) >= 11 is 0. The molecule has 0 fully saturated rings. The highest BCUT2D eigenvalue weighted by Gasteiger charge is 2.51. The van der Waals surface area contributed by atoms with Gasteiger partial charge >= 0.3 is 0 Å². The van der Waals surface area contributed by atoms with Crippen LogP contribution in [-0.2, 0) is 5.41 Å². The lowest BCUT2D eigenvalue weighted by Gasteiger charge is -2.30. The molecule has 3 nitrogen and oxygen atoms in total. The molecule has 3 heteroatoms. The minimum atomic E-state index is -0.388. The van der Waals surface area contributed by atoms with Gasteiger partial charge in [0.05, 0.1) is 27.7 Å². The molecule has 0 N–H and O–H groups in total. The molecule has 2 aliphatic rings. The first-order valence-electron chi connectivity index (χ1n) is 17.9. The smallest absolute Gasteiger partial charge is 0.235 e. The molecule has 12 rings (SSSR count). The summed E-state index contributed by atoms with van der Waals surface area (Å²) in [6.07, 6.45) is 0. The second kappa shape index (κ2) is 10.1. The van der Waals surface area contributed by atoms with Gasteiger partial charge in [-0.25, -0.2) is 9.97 Å². The molecule has 52 heavy (non-hydrogen) atoms. The largest absolute Gasteiger partial charge is 0.277 e. The van der Waals surface area contributed by atoms with Crippen molar-refractivity contribution in [3.8, 4) is 39.5 Å². The number of nitrogens with zero attached hydrogens (tertiary/aromatic N) is 3. The van der Waals surface area contributed by atoms with Crippen LogP contribution in [0.15, 0.2) is 176 Å². The average Bonchev–Trinajstić information content (AvgIpc) is 3.83. The summed E-state index contributed by atoms with van der Waals surface area (Å²) in [5.41, 5.74) is 15.4. The van der Waals surface area contributed by atoms with Gasteiger partial charge in [0.15, 0.2) is 0 Å².